The van der Waals surface area contributed by atoms with Crippen molar-refractivity contribution in [2.24, 2.45) is 0 Å². The summed E-state index contributed by atoms with van der Waals surface area (Å²) in [6.07, 6.45) is 0.940. The normalized spacial score (nSPS) is 12.0. The Morgan fingerprint density at radius 3 is 2.46 bits per heavy atom. The van der Waals surface area contributed by atoms with Gasteiger partial charge in [0.1, 0.15) is 0 Å². The molecule has 0 aromatic carbocycles. The van der Waals surface area contributed by atoms with Gasteiger partial charge in [-0.3, -0.25) is 0 Å². The van der Waals surface area contributed by atoms with E-state index in [1.807, 2.05) is 0 Å². The topological polar surface area (TPSA) is 30.5 Å². The van der Waals surface area contributed by atoms with Crippen LogP contribution in [0.1, 0.15) is 27.2 Å². The Morgan fingerprint density at radius 1 is 1.23 bits per heavy atom. The molecular weight excluding hydrogens is 166 g/mol. The van der Waals surface area contributed by atoms with Crippen molar-refractivity contribution in [2.75, 3.05) is 33.4 Å². The zero-order valence-electron chi connectivity index (χ0n) is 9.35. The molecule has 0 aromatic rings. The summed E-state index contributed by atoms with van der Waals surface area (Å²) in [5, 5.41) is 3.20. The highest BCUT2D eigenvalue weighted by Gasteiger charge is 2.15. The molecular formula is C10H23NO2. The molecule has 0 saturated heterocycles. The van der Waals surface area contributed by atoms with Gasteiger partial charge in [0.2, 0.25) is 0 Å². The van der Waals surface area contributed by atoms with Crippen molar-refractivity contribution < 1.29 is 9.47 Å². The number of likely N-dealkylation sites (N-methyl/N-ethyl adjacent to an activating group) is 1. The molecule has 1 N–H and O–H groups in total. The van der Waals surface area contributed by atoms with Crippen LogP contribution < -0.4 is 5.32 Å². The van der Waals surface area contributed by atoms with E-state index in [9.17, 15) is 0 Å². The van der Waals surface area contributed by atoms with E-state index in [0.717, 1.165) is 32.7 Å². The van der Waals surface area contributed by atoms with Gasteiger partial charge in [-0.25, -0.2) is 0 Å². The molecule has 0 aromatic heterocycles. The summed E-state index contributed by atoms with van der Waals surface area (Å²) in [6, 6.07) is 0. The van der Waals surface area contributed by atoms with E-state index in [-0.39, 0.29) is 5.60 Å². The quantitative estimate of drug-likeness (QED) is 0.586. The van der Waals surface area contributed by atoms with Crippen molar-refractivity contribution in [3.8, 4) is 0 Å². The van der Waals surface area contributed by atoms with Crippen LogP contribution in [0.25, 0.3) is 0 Å². The Labute approximate surface area is 81.8 Å². The molecule has 0 amide bonds. The van der Waals surface area contributed by atoms with E-state index in [0.29, 0.717) is 0 Å². The summed E-state index contributed by atoms with van der Waals surface area (Å²) < 4.78 is 10.7. The summed E-state index contributed by atoms with van der Waals surface area (Å²) in [6.45, 7) is 9.73. The van der Waals surface area contributed by atoms with Crippen LogP contribution in [0, 0.1) is 0 Å². The van der Waals surface area contributed by atoms with Crippen LogP contribution in [0.5, 0.6) is 0 Å². The molecule has 0 fully saturated rings. The molecule has 0 heterocycles. The van der Waals surface area contributed by atoms with Gasteiger partial charge in [-0.2, -0.15) is 0 Å². The van der Waals surface area contributed by atoms with E-state index in [4.69, 9.17) is 9.47 Å². The fourth-order valence-electron chi connectivity index (χ4n) is 0.843. The third-order valence-electron chi connectivity index (χ3n) is 2.07. The Bertz CT molecular complexity index is 115. The molecule has 0 spiro atoms. The number of hydrogen-bond donors (Lipinski definition) is 1. The first kappa shape index (κ1) is 12.9. The minimum absolute atomic E-state index is 0.0574. The highest BCUT2D eigenvalue weighted by Crippen LogP contribution is 2.12. The lowest BCUT2D eigenvalue weighted by Gasteiger charge is -2.22. The van der Waals surface area contributed by atoms with Gasteiger partial charge in [-0.15, -0.1) is 0 Å². The van der Waals surface area contributed by atoms with E-state index in [1.54, 1.807) is 7.11 Å². The highest BCUT2D eigenvalue weighted by molar-refractivity contribution is 4.66. The summed E-state index contributed by atoms with van der Waals surface area (Å²) in [7, 11) is 1.73. The molecule has 0 saturated carbocycles. The van der Waals surface area contributed by atoms with E-state index >= 15 is 0 Å². The smallest absolute Gasteiger partial charge is 0.0644 e. The second kappa shape index (κ2) is 7.30. The van der Waals surface area contributed by atoms with Gasteiger partial charge < -0.3 is 14.8 Å². The molecule has 0 rings (SSSR count). The second-order valence-corrected chi connectivity index (χ2v) is 3.68. The van der Waals surface area contributed by atoms with E-state index < -0.39 is 0 Å². The molecule has 0 unspecified atom stereocenters. The van der Waals surface area contributed by atoms with Gasteiger partial charge >= 0.3 is 0 Å². The first-order valence-corrected chi connectivity index (χ1v) is 4.96. The van der Waals surface area contributed by atoms with Crippen LogP contribution in [-0.2, 0) is 9.47 Å². The number of ether oxygens (including phenoxy) is 2. The van der Waals surface area contributed by atoms with Crippen LogP contribution in [0.15, 0.2) is 0 Å². The van der Waals surface area contributed by atoms with Crippen molar-refractivity contribution in [1.82, 2.24) is 5.32 Å². The Hall–Kier alpha value is -0.120. The van der Waals surface area contributed by atoms with Crippen molar-refractivity contribution >= 4 is 0 Å². The average molecular weight is 189 g/mol. The maximum Gasteiger partial charge on any atom is 0.0644 e. The van der Waals surface area contributed by atoms with Gasteiger partial charge in [0.05, 0.1) is 12.2 Å². The summed E-state index contributed by atoms with van der Waals surface area (Å²) in [4.78, 5) is 0. The van der Waals surface area contributed by atoms with Gasteiger partial charge in [0.15, 0.2) is 0 Å². The fraction of sp³-hybridized carbons (Fsp3) is 1.00. The monoisotopic (exact) mass is 189 g/mol. The first-order chi connectivity index (χ1) is 6.12. The van der Waals surface area contributed by atoms with E-state index in [2.05, 4.69) is 26.1 Å². The molecule has 0 aliphatic carbocycles. The second-order valence-electron chi connectivity index (χ2n) is 3.68. The summed E-state index contributed by atoms with van der Waals surface area (Å²) in [5.41, 5.74) is -0.0574. The zero-order valence-corrected chi connectivity index (χ0v) is 9.35. The Kier molecular flexibility index (Phi) is 7.23. The van der Waals surface area contributed by atoms with Crippen molar-refractivity contribution in [3.63, 3.8) is 0 Å². The number of methoxy groups -OCH3 is 1. The van der Waals surface area contributed by atoms with Crippen LogP contribution in [0.3, 0.4) is 0 Å². The Balaban J connectivity index is 3.16. The minimum Gasteiger partial charge on any atom is -0.380 e. The molecule has 0 radical (unpaired) electrons. The SMILES string of the molecule is CCNCCOCCC(C)(C)OC. The van der Waals surface area contributed by atoms with Gasteiger partial charge in [0.25, 0.3) is 0 Å². The van der Waals surface area contributed by atoms with Crippen LogP contribution in [0.4, 0.5) is 0 Å². The minimum atomic E-state index is -0.0574. The Morgan fingerprint density at radius 2 is 1.92 bits per heavy atom. The molecule has 0 bridgehead atoms. The lowest BCUT2D eigenvalue weighted by atomic mass is 10.1. The summed E-state index contributed by atoms with van der Waals surface area (Å²) >= 11 is 0. The number of hydrogen-bond acceptors (Lipinski definition) is 3. The number of nitrogens with one attached hydrogen (secondary N) is 1. The molecule has 0 aliphatic rings. The van der Waals surface area contributed by atoms with Crippen molar-refractivity contribution in [2.45, 2.75) is 32.8 Å². The third kappa shape index (κ3) is 8.22. The average Bonchev–Trinajstić information content (AvgIpc) is 2.11. The predicted molar refractivity (Wildman–Crippen MR) is 55.1 cm³/mol. The lowest BCUT2D eigenvalue weighted by molar-refractivity contribution is -0.00931. The van der Waals surface area contributed by atoms with E-state index in [1.165, 1.54) is 0 Å². The lowest BCUT2D eigenvalue weighted by Crippen LogP contribution is -2.25. The molecule has 3 heteroatoms. The largest absolute Gasteiger partial charge is 0.380 e. The highest BCUT2D eigenvalue weighted by atomic mass is 16.5. The summed E-state index contributed by atoms with van der Waals surface area (Å²) in [5.74, 6) is 0. The van der Waals surface area contributed by atoms with Gasteiger partial charge in [-0.1, -0.05) is 6.92 Å². The number of rotatable bonds is 8. The van der Waals surface area contributed by atoms with Crippen molar-refractivity contribution in [3.05, 3.63) is 0 Å². The van der Waals surface area contributed by atoms with Crippen molar-refractivity contribution in [1.29, 1.82) is 0 Å². The predicted octanol–water partition coefficient (Wildman–Crippen LogP) is 1.43. The molecule has 3 nitrogen and oxygen atoms in total. The zero-order chi connectivity index (χ0) is 10.2. The van der Waals surface area contributed by atoms with Gasteiger partial charge in [0, 0.05) is 20.3 Å². The van der Waals surface area contributed by atoms with Gasteiger partial charge in [-0.05, 0) is 26.8 Å². The maximum absolute atomic E-state index is 5.43. The standard InChI is InChI=1S/C10H23NO2/c1-5-11-7-9-13-8-6-10(2,3)12-4/h11H,5-9H2,1-4H3. The first-order valence-electron chi connectivity index (χ1n) is 4.96. The molecule has 0 aliphatic heterocycles. The molecule has 0 atom stereocenters. The fourth-order valence-corrected chi connectivity index (χ4v) is 0.843. The maximum atomic E-state index is 5.43. The van der Waals surface area contributed by atoms with Crippen LogP contribution in [-0.4, -0.2) is 39.0 Å². The molecule has 13 heavy (non-hydrogen) atoms. The molecule has 80 valence electrons. The third-order valence-corrected chi connectivity index (χ3v) is 2.07. The van der Waals surface area contributed by atoms with Crippen LogP contribution >= 0.6 is 0 Å². The van der Waals surface area contributed by atoms with Crippen LogP contribution in [0.2, 0.25) is 0 Å².